The van der Waals surface area contributed by atoms with E-state index in [9.17, 15) is 9.59 Å². The van der Waals surface area contributed by atoms with Crippen molar-refractivity contribution in [3.8, 4) is 5.75 Å². The standard InChI is InChI=1S/C20H23N3O3/c1-21-10-5-11-22-19(24)15-7-4-8-16(12-15)23-20(25)18-13-14-6-2-3-9-17(14)26-18/h2-4,6-9,12,18,21H,5,10-11,13H2,1H3,(H,22,24)(H,23,25). The molecule has 1 aliphatic rings. The molecule has 2 aromatic carbocycles. The SMILES string of the molecule is CNCCCNC(=O)c1cccc(NC(=O)C2Cc3ccccc3O2)c1. The third-order valence-corrected chi connectivity index (χ3v) is 4.22. The topological polar surface area (TPSA) is 79.5 Å². The molecule has 26 heavy (non-hydrogen) atoms. The molecular formula is C20H23N3O3. The quantitative estimate of drug-likeness (QED) is 0.665. The van der Waals surface area contributed by atoms with Crippen molar-refractivity contribution in [2.45, 2.75) is 18.9 Å². The fourth-order valence-corrected chi connectivity index (χ4v) is 2.86. The summed E-state index contributed by atoms with van der Waals surface area (Å²) in [6.45, 7) is 1.45. The van der Waals surface area contributed by atoms with Gasteiger partial charge in [-0.25, -0.2) is 0 Å². The van der Waals surface area contributed by atoms with E-state index in [0.29, 0.717) is 24.2 Å². The Labute approximate surface area is 152 Å². The molecule has 0 radical (unpaired) electrons. The molecule has 0 saturated carbocycles. The molecule has 1 atom stereocenters. The van der Waals surface area contributed by atoms with Gasteiger partial charge in [-0.3, -0.25) is 9.59 Å². The van der Waals surface area contributed by atoms with Gasteiger partial charge in [0.05, 0.1) is 0 Å². The molecule has 0 aliphatic carbocycles. The van der Waals surface area contributed by atoms with Crippen molar-refractivity contribution in [3.63, 3.8) is 0 Å². The minimum atomic E-state index is -0.550. The monoisotopic (exact) mass is 353 g/mol. The number of hydrogen-bond acceptors (Lipinski definition) is 4. The summed E-state index contributed by atoms with van der Waals surface area (Å²) in [5, 5.41) is 8.74. The lowest BCUT2D eigenvalue weighted by Crippen LogP contribution is -2.31. The molecule has 3 N–H and O–H groups in total. The van der Waals surface area contributed by atoms with E-state index < -0.39 is 6.10 Å². The highest BCUT2D eigenvalue weighted by Gasteiger charge is 2.28. The molecule has 3 rings (SSSR count). The molecule has 2 amide bonds. The Morgan fingerprint density at radius 2 is 1.96 bits per heavy atom. The molecule has 0 bridgehead atoms. The van der Waals surface area contributed by atoms with Crippen LogP contribution in [0.3, 0.4) is 0 Å². The summed E-state index contributed by atoms with van der Waals surface area (Å²) in [5.41, 5.74) is 2.13. The van der Waals surface area contributed by atoms with Gasteiger partial charge in [-0.05, 0) is 49.8 Å². The van der Waals surface area contributed by atoms with Crippen molar-refractivity contribution in [2.24, 2.45) is 0 Å². The number of benzene rings is 2. The number of nitrogens with one attached hydrogen (secondary N) is 3. The molecule has 6 heteroatoms. The summed E-state index contributed by atoms with van der Waals surface area (Å²) in [6, 6.07) is 14.6. The number of ether oxygens (including phenoxy) is 1. The summed E-state index contributed by atoms with van der Waals surface area (Å²) in [6.07, 6.45) is 0.859. The van der Waals surface area contributed by atoms with E-state index in [1.165, 1.54) is 0 Å². The molecule has 1 heterocycles. The molecule has 0 fully saturated rings. The third kappa shape index (κ3) is 4.40. The number of anilines is 1. The summed E-state index contributed by atoms with van der Waals surface area (Å²) in [4.78, 5) is 24.6. The van der Waals surface area contributed by atoms with Gasteiger partial charge in [0.2, 0.25) is 0 Å². The van der Waals surface area contributed by atoms with Crippen LogP contribution in [-0.4, -0.2) is 38.1 Å². The first-order valence-electron chi connectivity index (χ1n) is 8.75. The number of para-hydroxylation sites is 1. The Hall–Kier alpha value is -2.86. The zero-order valence-corrected chi connectivity index (χ0v) is 14.7. The third-order valence-electron chi connectivity index (χ3n) is 4.22. The second-order valence-corrected chi connectivity index (χ2v) is 6.20. The van der Waals surface area contributed by atoms with E-state index in [2.05, 4.69) is 16.0 Å². The van der Waals surface area contributed by atoms with E-state index >= 15 is 0 Å². The number of carbonyl (C=O) groups is 2. The van der Waals surface area contributed by atoms with Crippen LogP contribution in [-0.2, 0) is 11.2 Å². The van der Waals surface area contributed by atoms with Crippen LogP contribution in [0.25, 0.3) is 0 Å². The van der Waals surface area contributed by atoms with Crippen molar-refractivity contribution >= 4 is 17.5 Å². The molecule has 2 aromatic rings. The fraction of sp³-hybridized carbons (Fsp3) is 0.300. The Bertz CT molecular complexity index is 766. The maximum Gasteiger partial charge on any atom is 0.265 e. The van der Waals surface area contributed by atoms with Crippen LogP contribution in [0.4, 0.5) is 5.69 Å². The van der Waals surface area contributed by atoms with E-state index in [1.54, 1.807) is 24.3 Å². The van der Waals surface area contributed by atoms with Crippen molar-refractivity contribution in [3.05, 3.63) is 59.7 Å². The largest absolute Gasteiger partial charge is 0.480 e. The molecule has 0 spiro atoms. The molecule has 1 aliphatic heterocycles. The summed E-state index contributed by atoms with van der Waals surface area (Å²) < 4.78 is 5.70. The average Bonchev–Trinajstić information content (AvgIpc) is 3.10. The molecule has 0 saturated heterocycles. The van der Waals surface area contributed by atoms with Gasteiger partial charge in [-0.15, -0.1) is 0 Å². The highest BCUT2D eigenvalue weighted by atomic mass is 16.5. The number of amides is 2. The van der Waals surface area contributed by atoms with E-state index in [1.807, 2.05) is 31.3 Å². The number of fused-ring (bicyclic) bond motifs is 1. The van der Waals surface area contributed by atoms with Gasteiger partial charge in [0, 0.05) is 24.2 Å². The van der Waals surface area contributed by atoms with Crippen LogP contribution < -0.4 is 20.7 Å². The molecule has 1 unspecified atom stereocenters. The Morgan fingerprint density at radius 3 is 2.77 bits per heavy atom. The maximum absolute atomic E-state index is 12.5. The van der Waals surface area contributed by atoms with Crippen molar-refractivity contribution < 1.29 is 14.3 Å². The van der Waals surface area contributed by atoms with Crippen LogP contribution >= 0.6 is 0 Å². The Balaban J connectivity index is 1.57. The number of hydrogen-bond donors (Lipinski definition) is 3. The highest BCUT2D eigenvalue weighted by Crippen LogP contribution is 2.28. The average molecular weight is 353 g/mol. The van der Waals surface area contributed by atoms with Gasteiger partial charge in [-0.1, -0.05) is 24.3 Å². The summed E-state index contributed by atoms with van der Waals surface area (Å²) in [5.74, 6) is 0.386. The lowest BCUT2D eigenvalue weighted by atomic mass is 10.1. The van der Waals surface area contributed by atoms with Gasteiger partial charge < -0.3 is 20.7 Å². The van der Waals surface area contributed by atoms with Crippen LogP contribution in [0.2, 0.25) is 0 Å². The predicted molar refractivity (Wildman–Crippen MR) is 101 cm³/mol. The van der Waals surface area contributed by atoms with E-state index in [0.717, 1.165) is 24.3 Å². The van der Waals surface area contributed by atoms with Crippen molar-refractivity contribution in [1.82, 2.24) is 10.6 Å². The molecular weight excluding hydrogens is 330 g/mol. The second kappa shape index (κ2) is 8.49. The number of rotatable bonds is 7. The van der Waals surface area contributed by atoms with Crippen LogP contribution in [0.5, 0.6) is 5.75 Å². The number of carbonyl (C=O) groups excluding carboxylic acids is 2. The van der Waals surface area contributed by atoms with Crippen LogP contribution in [0, 0.1) is 0 Å². The minimum Gasteiger partial charge on any atom is -0.480 e. The maximum atomic E-state index is 12.5. The van der Waals surface area contributed by atoms with E-state index in [4.69, 9.17) is 4.74 Å². The minimum absolute atomic E-state index is 0.151. The van der Waals surface area contributed by atoms with Gasteiger partial charge >= 0.3 is 0 Å². The van der Waals surface area contributed by atoms with Gasteiger partial charge in [0.15, 0.2) is 6.10 Å². The predicted octanol–water partition coefficient (Wildman–Crippen LogP) is 1.97. The van der Waals surface area contributed by atoms with Crippen LogP contribution in [0.1, 0.15) is 22.3 Å². The molecule has 0 aromatic heterocycles. The zero-order valence-electron chi connectivity index (χ0n) is 14.7. The van der Waals surface area contributed by atoms with Crippen molar-refractivity contribution in [1.29, 1.82) is 0 Å². The second-order valence-electron chi connectivity index (χ2n) is 6.20. The lowest BCUT2D eigenvalue weighted by Gasteiger charge is -2.12. The summed E-state index contributed by atoms with van der Waals surface area (Å²) >= 11 is 0. The fourth-order valence-electron chi connectivity index (χ4n) is 2.86. The normalized spacial score (nSPS) is 15.0. The van der Waals surface area contributed by atoms with Gasteiger partial charge in [-0.2, -0.15) is 0 Å². The summed E-state index contributed by atoms with van der Waals surface area (Å²) in [7, 11) is 1.88. The molecule has 136 valence electrons. The highest BCUT2D eigenvalue weighted by molar-refractivity contribution is 5.98. The first-order chi connectivity index (χ1) is 12.7. The molecule has 6 nitrogen and oxygen atoms in total. The van der Waals surface area contributed by atoms with Crippen LogP contribution in [0.15, 0.2) is 48.5 Å². The Morgan fingerprint density at radius 1 is 1.12 bits per heavy atom. The smallest absolute Gasteiger partial charge is 0.265 e. The zero-order chi connectivity index (χ0) is 18.4. The van der Waals surface area contributed by atoms with E-state index in [-0.39, 0.29) is 11.8 Å². The lowest BCUT2D eigenvalue weighted by molar-refractivity contribution is -0.122. The van der Waals surface area contributed by atoms with Crippen molar-refractivity contribution in [2.75, 3.05) is 25.5 Å². The first kappa shape index (κ1) is 17.9. The Kier molecular flexibility index (Phi) is 5.86. The first-order valence-corrected chi connectivity index (χ1v) is 8.75. The van der Waals surface area contributed by atoms with Gasteiger partial charge in [0.25, 0.3) is 11.8 Å². The van der Waals surface area contributed by atoms with Gasteiger partial charge in [0.1, 0.15) is 5.75 Å².